The van der Waals surface area contributed by atoms with Crippen molar-refractivity contribution in [1.82, 2.24) is 0 Å². The van der Waals surface area contributed by atoms with Crippen LogP contribution in [0.25, 0.3) is 0 Å². The molecule has 2 heteroatoms. The summed E-state index contributed by atoms with van der Waals surface area (Å²) in [6, 6.07) is 9.19. The van der Waals surface area contributed by atoms with Crippen LogP contribution in [0.2, 0.25) is 0 Å². The summed E-state index contributed by atoms with van der Waals surface area (Å²) in [6.07, 6.45) is 8.04. The summed E-state index contributed by atoms with van der Waals surface area (Å²) >= 11 is 0. The van der Waals surface area contributed by atoms with Gasteiger partial charge in [-0.2, -0.15) is 5.26 Å². The molecule has 3 rings (SSSR count). The van der Waals surface area contributed by atoms with Gasteiger partial charge >= 0.3 is 0 Å². The van der Waals surface area contributed by atoms with E-state index in [9.17, 15) is 9.65 Å². The van der Waals surface area contributed by atoms with E-state index in [1.165, 1.54) is 38.2 Å². The number of rotatable bonds is 1. The minimum Gasteiger partial charge on any atom is -0.207 e. The smallest absolute Gasteiger partial charge is 0.128 e. The van der Waals surface area contributed by atoms with E-state index in [4.69, 9.17) is 0 Å². The van der Waals surface area contributed by atoms with Gasteiger partial charge in [0.05, 0.1) is 11.5 Å². The van der Waals surface area contributed by atoms with Gasteiger partial charge in [0, 0.05) is 5.56 Å². The van der Waals surface area contributed by atoms with E-state index < -0.39 is 5.41 Å². The fraction of sp³-hybridized carbons (Fsp3) is 0.562. The molecule has 0 aliphatic heterocycles. The second-order valence-corrected chi connectivity index (χ2v) is 6.09. The minimum atomic E-state index is -0.553. The lowest BCUT2D eigenvalue weighted by Gasteiger charge is -2.55. The first-order valence-electron chi connectivity index (χ1n) is 6.86. The van der Waals surface area contributed by atoms with Gasteiger partial charge in [0.25, 0.3) is 0 Å². The zero-order valence-corrected chi connectivity index (χ0v) is 10.6. The Kier molecular flexibility index (Phi) is 2.66. The molecule has 0 bridgehead atoms. The van der Waals surface area contributed by atoms with Crippen molar-refractivity contribution in [3.8, 4) is 6.07 Å². The molecule has 94 valence electrons. The third kappa shape index (κ3) is 1.65. The highest BCUT2D eigenvalue weighted by atomic mass is 19.1. The van der Waals surface area contributed by atoms with E-state index in [0.29, 0.717) is 11.0 Å². The van der Waals surface area contributed by atoms with Crippen molar-refractivity contribution in [1.29, 1.82) is 5.26 Å². The maximum Gasteiger partial charge on any atom is 0.128 e. The maximum absolute atomic E-state index is 13.9. The van der Waals surface area contributed by atoms with Crippen molar-refractivity contribution in [2.45, 2.75) is 50.4 Å². The van der Waals surface area contributed by atoms with Crippen molar-refractivity contribution in [2.24, 2.45) is 5.41 Å². The molecule has 2 aliphatic carbocycles. The third-order valence-corrected chi connectivity index (χ3v) is 4.87. The molecule has 0 saturated heterocycles. The third-order valence-electron chi connectivity index (χ3n) is 4.87. The second kappa shape index (κ2) is 4.09. The molecule has 18 heavy (non-hydrogen) atoms. The molecule has 0 N–H and O–H groups in total. The minimum absolute atomic E-state index is 0.218. The van der Waals surface area contributed by atoms with Crippen LogP contribution in [-0.2, 0) is 5.41 Å². The monoisotopic (exact) mass is 243 g/mol. The molecule has 0 aromatic heterocycles. The Morgan fingerprint density at radius 1 is 1.06 bits per heavy atom. The molecular weight excluding hydrogens is 225 g/mol. The Labute approximate surface area is 108 Å². The summed E-state index contributed by atoms with van der Waals surface area (Å²) < 4.78 is 13.9. The zero-order chi connectivity index (χ0) is 12.6. The highest BCUT2D eigenvalue weighted by Crippen LogP contribution is 2.61. The van der Waals surface area contributed by atoms with Gasteiger partial charge in [-0.3, -0.25) is 0 Å². The van der Waals surface area contributed by atoms with Gasteiger partial charge in [0.1, 0.15) is 5.82 Å². The Morgan fingerprint density at radius 2 is 1.72 bits per heavy atom. The molecule has 1 aromatic carbocycles. The Balaban J connectivity index is 1.87. The molecule has 2 fully saturated rings. The summed E-state index contributed by atoms with van der Waals surface area (Å²) in [5.41, 5.74) is 0.405. The van der Waals surface area contributed by atoms with Gasteiger partial charge in [-0.05, 0) is 37.2 Å². The number of nitriles is 1. The van der Waals surface area contributed by atoms with E-state index in [1.54, 1.807) is 12.1 Å². The number of nitrogens with zero attached hydrogens (tertiary/aromatic N) is 1. The van der Waals surface area contributed by atoms with E-state index in [1.807, 2.05) is 6.07 Å². The Morgan fingerprint density at radius 3 is 2.33 bits per heavy atom. The quantitative estimate of drug-likeness (QED) is 0.720. The van der Waals surface area contributed by atoms with E-state index >= 15 is 0 Å². The van der Waals surface area contributed by atoms with Crippen LogP contribution < -0.4 is 0 Å². The van der Waals surface area contributed by atoms with Crippen LogP contribution in [0.15, 0.2) is 24.3 Å². The van der Waals surface area contributed by atoms with Gasteiger partial charge in [-0.25, -0.2) is 4.39 Å². The number of hydrogen-bond donors (Lipinski definition) is 0. The lowest BCUT2D eigenvalue weighted by molar-refractivity contribution is 0.0152. The first-order chi connectivity index (χ1) is 8.70. The highest BCUT2D eigenvalue weighted by Gasteiger charge is 2.56. The van der Waals surface area contributed by atoms with Crippen LogP contribution >= 0.6 is 0 Å². The summed E-state index contributed by atoms with van der Waals surface area (Å²) in [6.45, 7) is 0. The van der Waals surface area contributed by atoms with Crippen molar-refractivity contribution in [2.75, 3.05) is 0 Å². The number of halogens is 1. The zero-order valence-electron chi connectivity index (χ0n) is 10.6. The first-order valence-corrected chi connectivity index (χ1v) is 6.86. The van der Waals surface area contributed by atoms with Crippen LogP contribution in [0, 0.1) is 22.6 Å². The molecule has 0 radical (unpaired) electrons. The van der Waals surface area contributed by atoms with Crippen LogP contribution in [-0.4, -0.2) is 0 Å². The molecule has 0 unspecified atom stereocenters. The van der Waals surface area contributed by atoms with Crippen LogP contribution in [0.3, 0.4) is 0 Å². The van der Waals surface area contributed by atoms with E-state index in [0.717, 1.165) is 12.8 Å². The fourth-order valence-electron chi connectivity index (χ4n) is 4.06. The average molecular weight is 243 g/mol. The van der Waals surface area contributed by atoms with Gasteiger partial charge < -0.3 is 0 Å². The lowest BCUT2D eigenvalue weighted by Crippen LogP contribution is -2.50. The fourth-order valence-corrected chi connectivity index (χ4v) is 4.06. The summed E-state index contributed by atoms with van der Waals surface area (Å²) in [7, 11) is 0. The molecule has 1 aromatic rings. The van der Waals surface area contributed by atoms with Gasteiger partial charge in [0.15, 0.2) is 0 Å². The molecular formula is C16H18FN. The highest BCUT2D eigenvalue weighted by molar-refractivity contribution is 5.38. The van der Waals surface area contributed by atoms with E-state index in [2.05, 4.69) is 6.07 Å². The molecule has 1 nitrogen and oxygen atoms in total. The summed E-state index contributed by atoms with van der Waals surface area (Å²) in [5.74, 6) is -0.218. The summed E-state index contributed by atoms with van der Waals surface area (Å²) in [5, 5.41) is 9.51. The predicted octanol–water partition coefficient (Wildman–Crippen LogP) is 4.33. The Bertz CT molecular complexity index is 486. The maximum atomic E-state index is 13.9. The van der Waals surface area contributed by atoms with Crippen LogP contribution in [0.1, 0.15) is 50.5 Å². The second-order valence-electron chi connectivity index (χ2n) is 6.09. The first kappa shape index (κ1) is 11.7. The number of hydrogen-bond acceptors (Lipinski definition) is 1. The molecule has 2 saturated carbocycles. The summed E-state index contributed by atoms with van der Waals surface area (Å²) in [4.78, 5) is 0. The Hall–Kier alpha value is -1.36. The topological polar surface area (TPSA) is 23.8 Å². The van der Waals surface area contributed by atoms with Crippen molar-refractivity contribution in [3.63, 3.8) is 0 Å². The van der Waals surface area contributed by atoms with Gasteiger partial charge in [-0.1, -0.05) is 37.5 Å². The molecule has 2 aliphatic rings. The number of benzene rings is 1. The van der Waals surface area contributed by atoms with Crippen LogP contribution in [0.5, 0.6) is 0 Å². The van der Waals surface area contributed by atoms with Gasteiger partial charge in [0.2, 0.25) is 0 Å². The van der Waals surface area contributed by atoms with Crippen molar-refractivity contribution >= 4 is 0 Å². The van der Waals surface area contributed by atoms with Gasteiger partial charge in [-0.15, -0.1) is 0 Å². The molecule has 1 spiro atoms. The van der Waals surface area contributed by atoms with Crippen molar-refractivity contribution in [3.05, 3.63) is 35.6 Å². The standard InChI is InChI=1S/C16H18FN/c17-14-7-3-2-6-13(14)16(12-18)10-15(11-16)8-4-1-5-9-15/h2-3,6-7H,1,4-5,8-11H2. The van der Waals surface area contributed by atoms with Crippen LogP contribution in [0.4, 0.5) is 4.39 Å². The average Bonchev–Trinajstić information content (AvgIpc) is 2.37. The SMILES string of the molecule is N#CC1(c2ccccc2F)CC2(CCCCC2)C1. The predicted molar refractivity (Wildman–Crippen MR) is 68.4 cm³/mol. The molecule has 0 amide bonds. The normalized spacial score (nSPS) is 24.2. The van der Waals surface area contributed by atoms with Crippen molar-refractivity contribution < 1.29 is 4.39 Å². The largest absolute Gasteiger partial charge is 0.207 e. The molecule has 0 heterocycles. The van der Waals surface area contributed by atoms with E-state index in [-0.39, 0.29) is 5.82 Å². The molecule has 0 atom stereocenters. The lowest BCUT2D eigenvalue weighted by atomic mass is 9.47.